The maximum Gasteiger partial charge on any atom is 0.261 e. The minimum atomic E-state index is -2.72. The highest BCUT2D eigenvalue weighted by Gasteiger charge is 2.39. The number of imidazole rings is 1. The first-order valence-electron chi connectivity index (χ1n) is 44.6. The van der Waals surface area contributed by atoms with Gasteiger partial charge in [-0.25, -0.2) is 33.7 Å². The Morgan fingerprint density at radius 2 is 0.801 bits per heavy atom. The number of aromatic nitrogens is 18. The van der Waals surface area contributed by atoms with Crippen LogP contribution in [0.2, 0.25) is 0 Å². The second kappa shape index (κ2) is 47.8. The highest BCUT2D eigenvalue weighted by Crippen LogP contribution is 2.41. The lowest BCUT2D eigenvalue weighted by Crippen LogP contribution is -2.39. The number of fused-ring (bicyclic) bond motifs is 4. The summed E-state index contributed by atoms with van der Waals surface area (Å²) in [5.41, 5.74) is 32.0. The van der Waals surface area contributed by atoms with Crippen molar-refractivity contribution in [1.82, 2.24) is 93.4 Å². The molecule has 17 aromatic rings. The molecule has 1 saturated heterocycles. The van der Waals surface area contributed by atoms with Gasteiger partial charge in [0, 0.05) is 233 Å². The molecule has 1 aliphatic heterocycles. The maximum absolute atomic E-state index is 13.7. The van der Waals surface area contributed by atoms with E-state index in [1.807, 2.05) is 196 Å². The van der Waals surface area contributed by atoms with E-state index in [9.17, 15) is 13.9 Å². The Bertz CT molecular complexity index is 7060. The zero-order chi connectivity index (χ0) is 97.6. The summed E-state index contributed by atoms with van der Waals surface area (Å²) in [6.07, 6.45) is 24.7. The zero-order valence-corrected chi connectivity index (χ0v) is 78.9. The second-order valence-electron chi connectivity index (χ2n) is 32.4. The van der Waals surface area contributed by atoms with E-state index in [0.29, 0.717) is 101 Å². The molecule has 36 nitrogen and oxygen atoms in total. The number of aliphatic hydroxyl groups is 3. The van der Waals surface area contributed by atoms with Crippen molar-refractivity contribution in [1.29, 1.82) is 0 Å². The maximum atomic E-state index is 13.7. The van der Waals surface area contributed by atoms with Gasteiger partial charge < -0.3 is 88.8 Å². The molecule has 1 aliphatic rings. The predicted molar refractivity (Wildman–Crippen MR) is 544 cm³/mol. The number of aliphatic hydroxyl groups excluding tert-OH is 3. The number of β-amino-alcohol motifs (C(OH)–C–C–N with tert-alkyl or cyclic N) is 1. The molecule has 0 spiro atoms. The molecule has 1 fully saturated rings. The van der Waals surface area contributed by atoms with Crippen molar-refractivity contribution in [2.45, 2.75) is 46.3 Å². The average molecular weight is 1920 g/mol. The number of benzene rings is 8. The van der Waals surface area contributed by atoms with Gasteiger partial charge in [0.1, 0.15) is 58.3 Å². The largest absolute Gasteiger partial charge is 0.497 e. The van der Waals surface area contributed by atoms with Crippen molar-refractivity contribution in [3.63, 3.8) is 0 Å². The minimum Gasteiger partial charge on any atom is -0.497 e. The molecule has 0 radical (unpaired) electrons. The highest BCUT2D eigenvalue weighted by atomic mass is 19.3. The quantitative estimate of drug-likeness (QED) is 0.0234. The number of hydrogen-bond donors (Lipinski definition) is 5. The number of ether oxygens (including phenoxy) is 8. The van der Waals surface area contributed by atoms with Crippen molar-refractivity contribution in [2.24, 2.45) is 39.7 Å². The molecule has 18 rings (SSSR count). The number of nitrogens with two attached hydrogens (primary N) is 2. The van der Waals surface area contributed by atoms with Gasteiger partial charge in [0.25, 0.3) is 5.92 Å². The SMILES string of the molecule is C.C.COc1cc(OC)cc(N(CC#Cc2cncn2C)c2ccc3ncc(-c4cnn(C)c4)nc3c2)c1.COc1cc(OC)cc(N(CC(O)CN2CCC(F)(F)C2)c2ccc3ncc(-c4cnn(C)c4)nc3c2)c1.COc1cc(OC)cc(N(CCCN)c2ccc3ncc(-c4cnn(CCO)c4)nc3c2)c1.COc1cc(OCCO)cc(N(CCN)c2ccc3ncc(-c4cnn(C)c4)nc3c2)c1. The Morgan fingerprint density at radius 1 is 0.426 bits per heavy atom. The summed E-state index contributed by atoms with van der Waals surface area (Å²) in [6.45, 7) is 3.53. The summed E-state index contributed by atoms with van der Waals surface area (Å²) in [6, 6.07) is 46.1. The molecule has 9 aromatic heterocycles. The summed E-state index contributed by atoms with van der Waals surface area (Å²) < 4.78 is 80.2. The second-order valence-corrected chi connectivity index (χ2v) is 32.4. The van der Waals surface area contributed by atoms with Crippen LogP contribution in [-0.2, 0) is 34.7 Å². The van der Waals surface area contributed by atoms with Gasteiger partial charge in [-0.1, -0.05) is 20.8 Å². The average Bonchev–Trinajstić information content (AvgIpc) is 1.28. The summed E-state index contributed by atoms with van der Waals surface area (Å²) >= 11 is 0. The van der Waals surface area contributed by atoms with Crippen molar-refractivity contribution >= 4 is 89.6 Å². The van der Waals surface area contributed by atoms with Crippen LogP contribution in [0.4, 0.5) is 54.3 Å². The zero-order valence-electron chi connectivity index (χ0n) is 78.9. The predicted octanol–water partition coefficient (Wildman–Crippen LogP) is 14.6. The van der Waals surface area contributed by atoms with Gasteiger partial charge in [-0.15, -0.1) is 0 Å². The number of likely N-dealkylation sites (tertiary alicyclic amines) is 1. The number of halogens is 2. The first-order chi connectivity index (χ1) is 67.5. The summed E-state index contributed by atoms with van der Waals surface area (Å²) in [4.78, 5) is 51.5. The minimum absolute atomic E-state index is 0. The summed E-state index contributed by atoms with van der Waals surface area (Å²) in [7, 11) is 18.8. The Balaban J connectivity index is 0.000000158. The summed E-state index contributed by atoms with van der Waals surface area (Å²) in [5.74, 6) is 8.98. The van der Waals surface area contributed by atoms with Crippen molar-refractivity contribution in [2.75, 3.05) is 148 Å². The number of hydrogen-bond acceptors (Lipinski definition) is 31. The summed E-state index contributed by atoms with van der Waals surface area (Å²) in [5, 5.41) is 46.2. The van der Waals surface area contributed by atoms with Crippen LogP contribution in [0.5, 0.6) is 46.0 Å². The van der Waals surface area contributed by atoms with Gasteiger partial charge in [-0.3, -0.25) is 43.6 Å². The van der Waals surface area contributed by atoms with E-state index in [1.54, 1.807) is 148 Å². The van der Waals surface area contributed by atoms with Crippen LogP contribution < -0.4 is 69.0 Å². The van der Waals surface area contributed by atoms with Crippen LogP contribution in [0.25, 0.3) is 89.2 Å². The van der Waals surface area contributed by atoms with Gasteiger partial charge in [0.15, 0.2) is 0 Å². The lowest BCUT2D eigenvalue weighted by Gasteiger charge is -2.30. The topological polar surface area (TPSA) is 395 Å². The Kier molecular flexibility index (Phi) is 34.7. The van der Waals surface area contributed by atoms with E-state index in [1.165, 1.54) is 0 Å². The van der Waals surface area contributed by atoms with Crippen LogP contribution in [0.3, 0.4) is 0 Å². The van der Waals surface area contributed by atoms with Crippen molar-refractivity contribution in [3.8, 4) is 103 Å². The lowest BCUT2D eigenvalue weighted by molar-refractivity contribution is 0.00794. The fraction of sp³-hybridized carbons (Fsp3) is 0.291. The van der Waals surface area contributed by atoms with Crippen molar-refractivity contribution < 1.29 is 62.0 Å². The molecule has 0 bridgehead atoms. The molecule has 734 valence electrons. The Hall–Kier alpha value is -16.1. The molecule has 7 N–H and O–H groups in total. The smallest absolute Gasteiger partial charge is 0.261 e. The standard InChI is InChI=1S/C27H30F2N6O3.C27H25N7O2.C24H28N6O3.C23H26N6O3.2CH4/c1-33-14-18(12-31-33)26-13-30-24-5-4-19(10-25(24)32-26)35(20-8-22(37-2)11-23(9-20)38-3)16-21(36)15-34-7-6-27(28,29)17-34;1-32-18-28-15-21(32)6-5-9-34(22-10-23(35-3)13-24(11-22)36-4)20-7-8-25-26(12-20)31-27(16-29-25)19-14-30-33(2)17-19;1-32-20-10-19(11-21(13-20)33-2)30(7-3-6-25)18-4-5-22-23(12-18)28-24(15-26-22)17-14-27-29(16-17)8-9-31;1-28-15-16(13-26-28)23-14-25-21-4-3-17(11-22(21)27-23)29(6-5-24)18-9-19(31-2)12-20(10-18)32-8-7-30;;/h4-5,8-14,21,36H,6-7,15-17H2,1-3H3;7-8,10-18H,9H2,1-4H3;4-5,10-16,31H,3,6-9,25H2,1-2H3;3-4,9-15,30H,5-8,24H2,1-2H3;2*1H4. The molecule has 8 aromatic carbocycles. The first-order valence-corrected chi connectivity index (χ1v) is 44.6. The molecule has 1 unspecified atom stereocenters. The van der Waals surface area contributed by atoms with Gasteiger partial charge in [-0.2, -0.15) is 20.4 Å². The van der Waals surface area contributed by atoms with E-state index >= 15 is 0 Å². The number of methoxy groups -OCH3 is 7. The molecule has 0 saturated carbocycles. The third kappa shape index (κ3) is 25.9. The third-order valence-corrected chi connectivity index (χ3v) is 22.6. The van der Waals surface area contributed by atoms with E-state index in [0.717, 1.165) is 131 Å². The van der Waals surface area contributed by atoms with E-state index in [2.05, 4.69) is 71.9 Å². The molecular weight excluding hydrogens is 1800 g/mol. The van der Waals surface area contributed by atoms with Crippen molar-refractivity contribution in [3.05, 3.63) is 238 Å². The third-order valence-electron chi connectivity index (χ3n) is 22.6. The number of nitrogens with zero attached hydrogens (tertiary/aromatic N) is 23. The van der Waals surface area contributed by atoms with Crippen LogP contribution in [-0.4, -0.2) is 249 Å². The first kappa shape index (κ1) is 102. The Morgan fingerprint density at radius 3 is 1.16 bits per heavy atom. The van der Waals surface area contributed by atoms with Crippen LogP contribution in [0, 0.1) is 11.8 Å². The van der Waals surface area contributed by atoms with Gasteiger partial charge >= 0.3 is 0 Å². The van der Waals surface area contributed by atoms with Gasteiger partial charge in [0.05, 0.1) is 224 Å². The lowest BCUT2D eigenvalue weighted by atomic mass is 10.1. The molecule has 0 amide bonds. The van der Waals surface area contributed by atoms with Crippen LogP contribution in [0.15, 0.2) is 232 Å². The molecular formula is C103H117F2N25O11. The molecule has 1 atom stereocenters. The highest BCUT2D eigenvalue weighted by molar-refractivity contribution is 5.87. The van der Waals surface area contributed by atoms with E-state index in [4.69, 9.17) is 79.5 Å². The molecule has 141 heavy (non-hydrogen) atoms. The van der Waals surface area contributed by atoms with Gasteiger partial charge in [-0.05, 0) is 91.7 Å². The fourth-order valence-electron chi connectivity index (χ4n) is 15.6. The monoisotopic (exact) mass is 1920 g/mol. The van der Waals surface area contributed by atoms with Gasteiger partial charge in [0.2, 0.25) is 0 Å². The number of alkyl halides is 2. The van der Waals surface area contributed by atoms with Crippen LogP contribution in [0.1, 0.15) is 33.4 Å². The van der Waals surface area contributed by atoms with E-state index < -0.39 is 12.0 Å². The van der Waals surface area contributed by atoms with Crippen LogP contribution >= 0.6 is 0 Å². The number of rotatable bonds is 34. The normalized spacial score (nSPS) is 12.1. The number of aryl methyl sites for hydroxylation is 4. The Labute approximate surface area is 815 Å². The van der Waals surface area contributed by atoms with E-state index in [-0.39, 0.29) is 67.3 Å². The number of anilines is 8. The fourth-order valence-corrected chi connectivity index (χ4v) is 15.6. The molecule has 10 heterocycles. The molecule has 38 heteroatoms. The molecule has 0 aliphatic carbocycles.